The van der Waals surface area contributed by atoms with Gasteiger partial charge in [-0.2, -0.15) is 0 Å². The zero-order chi connectivity index (χ0) is 10.8. The summed E-state index contributed by atoms with van der Waals surface area (Å²) in [5.74, 6) is 2.23. The highest BCUT2D eigenvalue weighted by atomic mass is 32.1. The van der Waals surface area contributed by atoms with Crippen molar-refractivity contribution in [1.29, 1.82) is 0 Å². The van der Waals surface area contributed by atoms with Crippen LogP contribution in [0.15, 0.2) is 0 Å². The Labute approximate surface area is 95.3 Å². The summed E-state index contributed by atoms with van der Waals surface area (Å²) in [6, 6.07) is 0. The van der Waals surface area contributed by atoms with Crippen molar-refractivity contribution in [2.45, 2.75) is 39.7 Å². The Morgan fingerprint density at radius 2 is 2.20 bits per heavy atom. The van der Waals surface area contributed by atoms with Gasteiger partial charge in [0, 0.05) is 12.5 Å². The Hall–Kier alpha value is -0.480. The summed E-state index contributed by atoms with van der Waals surface area (Å²) in [4.78, 5) is 0. The molecule has 0 saturated heterocycles. The number of nitrogens with zero attached hydrogens (tertiary/aromatic N) is 2. The molecule has 1 N–H and O–H groups in total. The average molecular weight is 225 g/mol. The second-order valence-corrected chi connectivity index (χ2v) is 5.97. The van der Waals surface area contributed by atoms with Gasteiger partial charge in [0.2, 0.25) is 0 Å². The number of rotatable bonds is 5. The first-order valence-corrected chi connectivity index (χ1v) is 6.51. The SMILES string of the molecule is CC(C)CNCc1nnc(C2CC2C)s1. The molecule has 15 heavy (non-hydrogen) atoms. The minimum atomic E-state index is 0.695. The van der Waals surface area contributed by atoms with E-state index in [9.17, 15) is 0 Å². The van der Waals surface area contributed by atoms with E-state index >= 15 is 0 Å². The van der Waals surface area contributed by atoms with Gasteiger partial charge in [0.05, 0.1) is 0 Å². The zero-order valence-electron chi connectivity index (χ0n) is 9.66. The molecule has 1 aliphatic rings. The van der Waals surface area contributed by atoms with Gasteiger partial charge in [0.15, 0.2) is 0 Å². The van der Waals surface area contributed by atoms with Crippen molar-refractivity contribution in [3.63, 3.8) is 0 Å². The summed E-state index contributed by atoms with van der Waals surface area (Å²) in [5.41, 5.74) is 0. The lowest BCUT2D eigenvalue weighted by Gasteiger charge is -2.03. The maximum absolute atomic E-state index is 4.25. The van der Waals surface area contributed by atoms with Gasteiger partial charge < -0.3 is 5.32 Å². The van der Waals surface area contributed by atoms with Crippen LogP contribution < -0.4 is 5.32 Å². The van der Waals surface area contributed by atoms with Crippen molar-refractivity contribution in [3.8, 4) is 0 Å². The van der Waals surface area contributed by atoms with E-state index in [1.807, 2.05) is 0 Å². The molecular formula is C11H19N3S. The van der Waals surface area contributed by atoms with Crippen LogP contribution in [0.2, 0.25) is 0 Å². The van der Waals surface area contributed by atoms with Gasteiger partial charge >= 0.3 is 0 Å². The molecule has 0 aromatic carbocycles. The van der Waals surface area contributed by atoms with Crippen LogP contribution in [0.25, 0.3) is 0 Å². The molecule has 0 amide bonds. The summed E-state index contributed by atoms with van der Waals surface area (Å²) >= 11 is 1.77. The van der Waals surface area contributed by atoms with Crippen LogP contribution >= 0.6 is 11.3 Å². The first kappa shape index (κ1) is 11.0. The molecule has 0 aliphatic heterocycles. The quantitative estimate of drug-likeness (QED) is 0.836. The van der Waals surface area contributed by atoms with Crippen LogP contribution in [0.5, 0.6) is 0 Å². The number of hydrogen-bond donors (Lipinski definition) is 1. The van der Waals surface area contributed by atoms with Gasteiger partial charge in [-0.05, 0) is 24.8 Å². The van der Waals surface area contributed by atoms with Crippen LogP contribution in [-0.2, 0) is 6.54 Å². The molecule has 2 rings (SSSR count). The van der Waals surface area contributed by atoms with Crippen LogP contribution in [0, 0.1) is 11.8 Å². The van der Waals surface area contributed by atoms with Gasteiger partial charge in [0.25, 0.3) is 0 Å². The van der Waals surface area contributed by atoms with Crippen LogP contribution in [0.3, 0.4) is 0 Å². The zero-order valence-corrected chi connectivity index (χ0v) is 10.5. The largest absolute Gasteiger partial charge is 0.310 e. The van der Waals surface area contributed by atoms with Gasteiger partial charge in [-0.25, -0.2) is 0 Å². The molecule has 1 heterocycles. The fourth-order valence-corrected chi connectivity index (χ4v) is 2.68. The third kappa shape index (κ3) is 2.98. The maximum Gasteiger partial charge on any atom is 0.131 e. The van der Waals surface area contributed by atoms with Crippen LogP contribution in [-0.4, -0.2) is 16.7 Å². The predicted octanol–water partition coefficient (Wildman–Crippen LogP) is 2.41. The summed E-state index contributed by atoms with van der Waals surface area (Å²) in [6.07, 6.45) is 1.30. The molecule has 0 bridgehead atoms. The lowest BCUT2D eigenvalue weighted by Crippen LogP contribution is -2.18. The van der Waals surface area contributed by atoms with E-state index in [1.54, 1.807) is 11.3 Å². The van der Waals surface area contributed by atoms with Gasteiger partial charge in [0.1, 0.15) is 10.0 Å². The molecule has 1 fully saturated rings. The summed E-state index contributed by atoms with van der Waals surface area (Å²) in [6.45, 7) is 8.63. The highest BCUT2D eigenvalue weighted by Gasteiger charge is 2.36. The summed E-state index contributed by atoms with van der Waals surface area (Å²) < 4.78 is 0. The summed E-state index contributed by atoms with van der Waals surface area (Å²) in [5, 5.41) is 14.2. The van der Waals surface area contributed by atoms with E-state index in [0.717, 1.165) is 24.0 Å². The van der Waals surface area contributed by atoms with Crippen molar-refractivity contribution in [2.75, 3.05) is 6.54 Å². The Kier molecular flexibility index (Phi) is 3.36. The second kappa shape index (κ2) is 4.58. The molecule has 2 unspecified atom stereocenters. The monoisotopic (exact) mass is 225 g/mol. The smallest absolute Gasteiger partial charge is 0.131 e. The highest BCUT2D eigenvalue weighted by molar-refractivity contribution is 7.11. The topological polar surface area (TPSA) is 37.8 Å². The molecule has 2 atom stereocenters. The summed E-state index contributed by atoms with van der Waals surface area (Å²) in [7, 11) is 0. The van der Waals surface area contributed by atoms with Crippen molar-refractivity contribution in [2.24, 2.45) is 11.8 Å². The molecular weight excluding hydrogens is 206 g/mol. The van der Waals surface area contributed by atoms with Gasteiger partial charge in [-0.15, -0.1) is 10.2 Å². The van der Waals surface area contributed by atoms with E-state index in [1.165, 1.54) is 11.4 Å². The second-order valence-electron chi connectivity index (χ2n) is 4.88. The van der Waals surface area contributed by atoms with E-state index in [4.69, 9.17) is 0 Å². The third-order valence-corrected chi connectivity index (χ3v) is 3.79. The van der Waals surface area contributed by atoms with Crippen LogP contribution in [0.4, 0.5) is 0 Å². The molecule has 1 aromatic heterocycles. The number of hydrogen-bond acceptors (Lipinski definition) is 4. The first-order chi connectivity index (χ1) is 7.16. The molecule has 1 aromatic rings. The fraction of sp³-hybridized carbons (Fsp3) is 0.818. The van der Waals surface area contributed by atoms with E-state index in [0.29, 0.717) is 11.8 Å². The Morgan fingerprint density at radius 1 is 1.47 bits per heavy atom. The minimum Gasteiger partial charge on any atom is -0.310 e. The van der Waals surface area contributed by atoms with Crippen LogP contribution in [0.1, 0.15) is 43.1 Å². The Morgan fingerprint density at radius 3 is 2.80 bits per heavy atom. The first-order valence-electron chi connectivity index (χ1n) is 5.69. The van der Waals surface area contributed by atoms with Gasteiger partial charge in [-0.3, -0.25) is 0 Å². The fourth-order valence-electron chi connectivity index (χ4n) is 1.62. The molecule has 1 saturated carbocycles. The normalized spacial score (nSPS) is 24.8. The van der Waals surface area contributed by atoms with Crippen molar-refractivity contribution < 1.29 is 0 Å². The predicted molar refractivity (Wildman–Crippen MR) is 63.0 cm³/mol. The molecule has 0 radical (unpaired) electrons. The van der Waals surface area contributed by atoms with Crippen molar-refractivity contribution in [3.05, 3.63) is 10.0 Å². The highest BCUT2D eigenvalue weighted by Crippen LogP contribution is 2.47. The van der Waals surface area contributed by atoms with Gasteiger partial charge in [-0.1, -0.05) is 32.1 Å². The van der Waals surface area contributed by atoms with E-state index < -0.39 is 0 Å². The Balaban J connectivity index is 1.80. The number of aromatic nitrogens is 2. The molecule has 84 valence electrons. The lowest BCUT2D eigenvalue weighted by molar-refractivity contribution is 0.550. The minimum absolute atomic E-state index is 0.695. The lowest BCUT2D eigenvalue weighted by atomic mass is 10.2. The molecule has 1 aliphatic carbocycles. The standard InChI is InChI=1S/C11H19N3S/c1-7(2)5-12-6-10-13-14-11(15-10)9-4-8(9)3/h7-9,12H,4-6H2,1-3H3. The average Bonchev–Trinajstić information content (AvgIpc) is 2.73. The maximum atomic E-state index is 4.25. The molecule has 0 spiro atoms. The van der Waals surface area contributed by atoms with E-state index in [-0.39, 0.29) is 0 Å². The molecule has 3 nitrogen and oxygen atoms in total. The molecule has 4 heteroatoms. The van der Waals surface area contributed by atoms with E-state index in [2.05, 4.69) is 36.3 Å². The number of nitrogens with one attached hydrogen (secondary N) is 1. The van der Waals surface area contributed by atoms with Crippen molar-refractivity contribution >= 4 is 11.3 Å². The van der Waals surface area contributed by atoms with Crippen molar-refractivity contribution in [1.82, 2.24) is 15.5 Å². The third-order valence-electron chi connectivity index (χ3n) is 2.74. The Bertz CT molecular complexity index is 321.